The van der Waals surface area contributed by atoms with Crippen LogP contribution in [0.5, 0.6) is 0 Å². The van der Waals surface area contributed by atoms with Crippen molar-refractivity contribution in [2.75, 3.05) is 30.4 Å². The minimum absolute atomic E-state index is 0.140. The van der Waals surface area contributed by atoms with Crippen molar-refractivity contribution in [3.05, 3.63) is 59.2 Å². The predicted molar refractivity (Wildman–Crippen MR) is 119 cm³/mol. The molecular formula is C23H27N5O3. The van der Waals surface area contributed by atoms with Crippen molar-refractivity contribution < 1.29 is 14.4 Å². The monoisotopic (exact) mass is 421 g/mol. The number of amides is 4. The molecule has 2 heterocycles. The molecule has 2 unspecified atom stereocenters. The van der Waals surface area contributed by atoms with Gasteiger partial charge in [-0.15, -0.1) is 0 Å². The molecule has 0 bridgehead atoms. The number of hydrazine groups is 1. The highest BCUT2D eigenvalue weighted by Gasteiger charge is 2.52. The average Bonchev–Trinajstić information content (AvgIpc) is 3.11. The standard InChI is InChI=1S/C23H27N5O3/c1-14-6-9-17(10-7-14)28-22(30)21-19(12-24-26(21)4)27(23(28)31)13-20(29)25-18-11-15(2)5-8-16(18)3/h5-11,19,21,24H,12-13H2,1-4H3,(H,25,29). The molecule has 4 amide bonds. The fourth-order valence-corrected chi connectivity index (χ4v) is 4.14. The third kappa shape index (κ3) is 3.92. The van der Waals surface area contributed by atoms with E-state index in [-0.39, 0.29) is 18.4 Å². The number of likely N-dealkylation sites (N-methyl/N-ethyl adjacent to an activating group) is 1. The normalized spacial score (nSPS) is 21.4. The van der Waals surface area contributed by atoms with E-state index in [1.807, 2.05) is 51.1 Å². The van der Waals surface area contributed by atoms with Gasteiger partial charge in [0, 0.05) is 19.3 Å². The summed E-state index contributed by atoms with van der Waals surface area (Å²) in [6, 6.07) is 11.6. The molecule has 2 saturated heterocycles. The number of anilines is 2. The summed E-state index contributed by atoms with van der Waals surface area (Å²) in [7, 11) is 1.78. The number of hydrogen-bond donors (Lipinski definition) is 2. The molecule has 2 aromatic rings. The Morgan fingerprint density at radius 1 is 1.06 bits per heavy atom. The number of nitrogens with one attached hydrogen (secondary N) is 2. The second kappa shape index (κ2) is 8.13. The first-order valence-electron chi connectivity index (χ1n) is 10.3. The van der Waals surface area contributed by atoms with Crippen LogP contribution >= 0.6 is 0 Å². The minimum atomic E-state index is -0.562. The number of aryl methyl sites for hydroxylation is 3. The summed E-state index contributed by atoms with van der Waals surface area (Å²) in [5, 5.41) is 4.63. The Balaban J connectivity index is 1.61. The van der Waals surface area contributed by atoms with Gasteiger partial charge in [-0.05, 0) is 50.1 Å². The van der Waals surface area contributed by atoms with E-state index in [0.29, 0.717) is 12.2 Å². The van der Waals surface area contributed by atoms with Crippen molar-refractivity contribution in [2.45, 2.75) is 32.9 Å². The van der Waals surface area contributed by atoms with Crippen LogP contribution in [0.1, 0.15) is 16.7 Å². The molecule has 2 atom stereocenters. The largest absolute Gasteiger partial charge is 0.332 e. The topological polar surface area (TPSA) is 85.0 Å². The predicted octanol–water partition coefficient (Wildman–Crippen LogP) is 2.21. The van der Waals surface area contributed by atoms with Crippen LogP contribution in [0.3, 0.4) is 0 Å². The van der Waals surface area contributed by atoms with Crippen LogP contribution in [-0.4, -0.2) is 60.0 Å². The van der Waals surface area contributed by atoms with Crippen molar-refractivity contribution in [1.29, 1.82) is 0 Å². The molecule has 8 heteroatoms. The summed E-state index contributed by atoms with van der Waals surface area (Å²) < 4.78 is 0. The highest BCUT2D eigenvalue weighted by Crippen LogP contribution is 2.29. The Kier molecular flexibility index (Phi) is 5.51. The lowest BCUT2D eigenvalue weighted by Gasteiger charge is -2.42. The second-order valence-electron chi connectivity index (χ2n) is 8.27. The summed E-state index contributed by atoms with van der Waals surface area (Å²) in [5.74, 6) is -0.592. The number of nitrogens with zero attached hydrogens (tertiary/aromatic N) is 3. The molecule has 0 radical (unpaired) electrons. The van der Waals surface area contributed by atoms with Crippen LogP contribution in [-0.2, 0) is 9.59 Å². The van der Waals surface area contributed by atoms with Crippen LogP contribution in [0.25, 0.3) is 0 Å². The van der Waals surface area contributed by atoms with E-state index in [1.54, 1.807) is 24.2 Å². The molecule has 0 saturated carbocycles. The second-order valence-corrected chi connectivity index (χ2v) is 8.27. The highest BCUT2D eigenvalue weighted by atomic mass is 16.2. The Morgan fingerprint density at radius 2 is 1.74 bits per heavy atom. The first-order chi connectivity index (χ1) is 14.8. The van der Waals surface area contributed by atoms with Crippen LogP contribution in [0.2, 0.25) is 0 Å². The van der Waals surface area contributed by atoms with Gasteiger partial charge in [0.05, 0.1) is 11.7 Å². The van der Waals surface area contributed by atoms with Crippen molar-refractivity contribution in [2.24, 2.45) is 0 Å². The zero-order chi connectivity index (χ0) is 22.3. The number of hydrogen-bond acceptors (Lipinski definition) is 5. The maximum Gasteiger partial charge on any atom is 0.332 e. The molecule has 2 aromatic carbocycles. The number of fused-ring (bicyclic) bond motifs is 1. The number of carbonyl (C=O) groups excluding carboxylic acids is 3. The van der Waals surface area contributed by atoms with Crippen molar-refractivity contribution >= 4 is 29.2 Å². The summed E-state index contributed by atoms with van der Waals surface area (Å²) >= 11 is 0. The van der Waals surface area contributed by atoms with Crippen LogP contribution in [0.15, 0.2) is 42.5 Å². The molecule has 31 heavy (non-hydrogen) atoms. The number of imide groups is 1. The fourth-order valence-electron chi connectivity index (χ4n) is 4.14. The molecule has 2 aliphatic rings. The third-order valence-electron chi connectivity index (χ3n) is 5.92. The Hall–Kier alpha value is -3.23. The molecular weight excluding hydrogens is 394 g/mol. The SMILES string of the molecule is Cc1ccc(N2C(=O)C3C(CNN3C)N(CC(=O)Nc3cc(C)ccc3C)C2=O)cc1. The van der Waals surface area contributed by atoms with Gasteiger partial charge in [0.15, 0.2) is 0 Å². The minimum Gasteiger partial charge on any atom is -0.324 e. The van der Waals surface area contributed by atoms with Gasteiger partial charge in [-0.25, -0.2) is 14.7 Å². The Labute approximate surface area is 181 Å². The van der Waals surface area contributed by atoms with Gasteiger partial charge in [0.1, 0.15) is 12.6 Å². The van der Waals surface area contributed by atoms with E-state index >= 15 is 0 Å². The Bertz CT molecular complexity index is 1040. The van der Waals surface area contributed by atoms with Gasteiger partial charge in [-0.2, -0.15) is 0 Å². The number of rotatable bonds is 4. The summed E-state index contributed by atoms with van der Waals surface area (Å²) in [4.78, 5) is 42.1. The summed E-state index contributed by atoms with van der Waals surface area (Å²) in [5.41, 5.74) is 7.35. The number of benzene rings is 2. The van der Waals surface area contributed by atoms with Gasteiger partial charge in [0.25, 0.3) is 5.91 Å². The maximum absolute atomic E-state index is 13.4. The van der Waals surface area contributed by atoms with Gasteiger partial charge in [0.2, 0.25) is 5.91 Å². The van der Waals surface area contributed by atoms with E-state index in [4.69, 9.17) is 0 Å². The first-order valence-corrected chi connectivity index (χ1v) is 10.3. The molecule has 2 aliphatic heterocycles. The van der Waals surface area contributed by atoms with E-state index in [1.165, 1.54) is 9.80 Å². The molecule has 0 spiro atoms. The van der Waals surface area contributed by atoms with E-state index in [9.17, 15) is 14.4 Å². The lowest BCUT2D eigenvalue weighted by molar-refractivity contribution is -0.126. The number of urea groups is 1. The van der Waals surface area contributed by atoms with E-state index in [2.05, 4.69) is 10.7 Å². The van der Waals surface area contributed by atoms with Gasteiger partial charge >= 0.3 is 6.03 Å². The van der Waals surface area contributed by atoms with Gasteiger partial charge in [-0.1, -0.05) is 29.8 Å². The van der Waals surface area contributed by atoms with Crippen LogP contribution in [0.4, 0.5) is 16.2 Å². The highest BCUT2D eigenvalue weighted by molar-refractivity contribution is 6.19. The molecule has 162 valence electrons. The summed E-state index contributed by atoms with van der Waals surface area (Å²) in [6.07, 6.45) is 0. The lowest BCUT2D eigenvalue weighted by atomic mass is 10.0. The van der Waals surface area contributed by atoms with Crippen LogP contribution in [0, 0.1) is 20.8 Å². The molecule has 8 nitrogen and oxygen atoms in total. The van der Waals surface area contributed by atoms with E-state index in [0.717, 1.165) is 22.4 Å². The quantitative estimate of drug-likeness (QED) is 0.791. The van der Waals surface area contributed by atoms with E-state index < -0.39 is 18.1 Å². The summed E-state index contributed by atoms with van der Waals surface area (Å²) in [6.45, 7) is 6.09. The maximum atomic E-state index is 13.4. The number of carbonyl (C=O) groups is 3. The first kappa shape index (κ1) is 21.0. The third-order valence-corrected chi connectivity index (χ3v) is 5.92. The molecule has 4 rings (SSSR count). The smallest absolute Gasteiger partial charge is 0.324 e. The van der Waals surface area contributed by atoms with Gasteiger partial charge in [-0.3, -0.25) is 15.0 Å². The zero-order valence-corrected chi connectivity index (χ0v) is 18.2. The zero-order valence-electron chi connectivity index (χ0n) is 18.2. The van der Waals surface area contributed by atoms with Crippen molar-refractivity contribution in [3.63, 3.8) is 0 Å². The molecule has 0 aromatic heterocycles. The average molecular weight is 422 g/mol. The van der Waals surface area contributed by atoms with Crippen LogP contribution < -0.4 is 15.6 Å². The van der Waals surface area contributed by atoms with Crippen molar-refractivity contribution in [1.82, 2.24) is 15.3 Å². The molecule has 2 N–H and O–H groups in total. The molecule has 0 aliphatic carbocycles. The van der Waals surface area contributed by atoms with Crippen molar-refractivity contribution in [3.8, 4) is 0 Å². The Morgan fingerprint density at radius 3 is 2.45 bits per heavy atom. The lowest BCUT2D eigenvalue weighted by Crippen LogP contribution is -2.66. The van der Waals surface area contributed by atoms with Gasteiger partial charge < -0.3 is 10.2 Å². The molecule has 2 fully saturated rings. The fraction of sp³-hybridized carbons (Fsp3) is 0.348.